The summed E-state index contributed by atoms with van der Waals surface area (Å²) in [4.78, 5) is 1.02. The lowest BCUT2D eigenvalue weighted by molar-refractivity contribution is 0.215. The first-order chi connectivity index (χ1) is 11.0. The minimum absolute atomic E-state index is 0.288. The molecule has 1 aromatic heterocycles. The fourth-order valence-electron chi connectivity index (χ4n) is 1.56. The lowest BCUT2D eigenvalue weighted by Gasteiger charge is -2.19. The highest BCUT2D eigenvalue weighted by Gasteiger charge is 2.22. The van der Waals surface area contributed by atoms with Gasteiger partial charge >= 0.3 is 6.72 Å². The minimum atomic E-state index is -2.82. The van der Waals surface area contributed by atoms with Gasteiger partial charge < -0.3 is 4.52 Å². The summed E-state index contributed by atoms with van der Waals surface area (Å²) in [6.07, 6.45) is 0. The van der Waals surface area contributed by atoms with Gasteiger partial charge in [-0.25, -0.2) is 0 Å². The van der Waals surface area contributed by atoms with E-state index in [0.717, 1.165) is 9.92 Å². The maximum Gasteiger partial charge on any atom is 0.381 e. The number of benzene rings is 1. The fraction of sp³-hybridized carbons (Fsp3) is 0.286. The Labute approximate surface area is 150 Å². The Hall–Kier alpha value is -0.690. The monoisotopic (exact) mass is 390 g/mol. The van der Waals surface area contributed by atoms with Crippen LogP contribution in [0.15, 0.2) is 46.3 Å². The first kappa shape index (κ1) is 18.6. The van der Waals surface area contributed by atoms with Gasteiger partial charge in [-0.2, -0.15) is 0 Å². The molecule has 0 N–H and O–H groups in total. The largest absolute Gasteiger partial charge is 0.404 e. The number of rotatable bonds is 8. The van der Waals surface area contributed by atoms with Crippen molar-refractivity contribution < 1.29 is 13.6 Å². The van der Waals surface area contributed by atoms with E-state index in [4.69, 9.17) is 37.0 Å². The Morgan fingerprint density at radius 1 is 1.04 bits per heavy atom. The van der Waals surface area contributed by atoms with Crippen LogP contribution in [0, 0.1) is 0 Å². The SMILES string of the molecule is CCOP(=S)(OCC)Oc1ccc(Sc2ccc(Cl)cc2)nn1. The number of nitrogens with zero attached hydrogens (tertiary/aromatic N) is 2. The van der Waals surface area contributed by atoms with Gasteiger partial charge in [-0.1, -0.05) is 23.4 Å². The topological polar surface area (TPSA) is 53.5 Å². The molecule has 2 rings (SSSR count). The number of hydrogen-bond donors (Lipinski definition) is 0. The van der Waals surface area contributed by atoms with Crippen LogP contribution in [0.25, 0.3) is 0 Å². The Kier molecular flexibility index (Phi) is 7.27. The molecule has 2 aromatic rings. The molecule has 0 unspecified atom stereocenters. The Morgan fingerprint density at radius 3 is 2.22 bits per heavy atom. The van der Waals surface area contributed by atoms with Crippen LogP contribution in [-0.2, 0) is 20.9 Å². The number of halogens is 1. The highest BCUT2D eigenvalue weighted by Crippen LogP contribution is 2.49. The molecule has 124 valence electrons. The Morgan fingerprint density at radius 2 is 1.70 bits per heavy atom. The summed E-state index contributed by atoms with van der Waals surface area (Å²) in [7, 11) is 0. The van der Waals surface area contributed by atoms with Crippen molar-refractivity contribution in [3.05, 3.63) is 41.4 Å². The molecule has 1 heterocycles. The molecule has 0 bridgehead atoms. The molecule has 0 aliphatic heterocycles. The third-order valence-electron chi connectivity index (χ3n) is 2.43. The molecule has 0 fully saturated rings. The normalized spacial score (nSPS) is 11.4. The summed E-state index contributed by atoms with van der Waals surface area (Å²) in [6, 6.07) is 11.0. The molecule has 0 saturated heterocycles. The third kappa shape index (κ3) is 6.03. The molecule has 9 heteroatoms. The summed E-state index contributed by atoms with van der Waals surface area (Å²) >= 11 is 12.6. The van der Waals surface area contributed by atoms with E-state index in [-0.39, 0.29) is 5.88 Å². The van der Waals surface area contributed by atoms with Gasteiger partial charge in [-0.3, -0.25) is 9.05 Å². The average molecular weight is 391 g/mol. The predicted molar refractivity (Wildman–Crippen MR) is 95.8 cm³/mol. The van der Waals surface area contributed by atoms with Crippen molar-refractivity contribution in [3.63, 3.8) is 0 Å². The molecular weight excluding hydrogens is 375 g/mol. The summed E-state index contributed by atoms with van der Waals surface area (Å²) in [5.41, 5.74) is 0. The van der Waals surface area contributed by atoms with Crippen LogP contribution in [0.5, 0.6) is 5.88 Å². The van der Waals surface area contributed by atoms with Crippen LogP contribution in [0.3, 0.4) is 0 Å². The summed E-state index contributed by atoms with van der Waals surface area (Å²) in [6.45, 7) is 1.67. The molecule has 0 radical (unpaired) electrons. The summed E-state index contributed by atoms with van der Waals surface area (Å²) in [5, 5.41) is 9.57. The van der Waals surface area contributed by atoms with Crippen LogP contribution >= 0.6 is 30.1 Å². The first-order valence-corrected chi connectivity index (χ1v) is 10.7. The van der Waals surface area contributed by atoms with E-state index in [0.29, 0.717) is 18.2 Å². The highest BCUT2D eigenvalue weighted by atomic mass is 35.5. The van der Waals surface area contributed by atoms with E-state index < -0.39 is 6.72 Å². The molecule has 0 spiro atoms. The molecule has 0 amide bonds. The van der Waals surface area contributed by atoms with Gasteiger partial charge in [0.05, 0.1) is 13.2 Å². The quantitative estimate of drug-likeness (QED) is 0.590. The average Bonchev–Trinajstić information content (AvgIpc) is 2.52. The van der Waals surface area contributed by atoms with Crippen molar-refractivity contribution in [1.29, 1.82) is 0 Å². The zero-order chi connectivity index (χ0) is 16.7. The number of aromatic nitrogens is 2. The van der Waals surface area contributed by atoms with Gasteiger partial charge in [0.2, 0.25) is 5.88 Å². The van der Waals surface area contributed by atoms with Crippen molar-refractivity contribution in [3.8, 4) is 5.88 Å². The molecule has 0 aliphatic carbocycles. The predicted octanol–water partition coefficient (Wildman–Crippen LogP) is 4.96. The molecule has 0 saturated carbocycles. The summed E-state index contributed by atoms with van der Waals surface area (Å²) < 4.78 is 16.4. The lowest BCUT2D eigenvalue weighted by atomic mass is 10.4. The Bertz CT molecular complexity index is 661. The molecule has 0 aliphatic rings. The van der Waals surface area contributed by atoms with Crippen molar-refractivity contribution in [2.75, 3.05) is 13.2 Å². The fourth-order valence-corrected chi connectivity index (χ4v) is 4.41. The van der Waals surface area contributed by atoms with Gasteiger partial charge in [-0.15, -0.1) is 10.2 Å². The lowest BCUT2D eigenvalue weighted by Crippen LogP contribution is -2.03. The second-order valence-electron chi connectivity index (χ2n) is 4.14. The molecule has 0 atom stereocenters. The smallest absolute Gasteiger partial charge is 0.381 e. The third-order valence-corrected chi connectivity index (χ3v) is 6.03. The number of hydrogen-bond acceptors (Lipinski definition) is 7. The van der Waals surface area contributed by atoms with E-state index in [1.54, 1.807) is 12.1 Å². The van der Waals surface area contributed by atoms with Gasteiger partial charge in [0, 0.05) is 27.8 Å². The second-order valence-corrected chi connectivity index (χ2v) is 8.61. The Balaban J connectivity index is 2.03. The van der Waals surface area contributed by atoms with Crippen molar-refractivity contribution >= 4 is 41.9 Å². The first-order valence-electron chi connectivity index (χ1n) is 6.90. The molecule has 5 nitrogen and oxygen atoms in total. The zero-order valence-electron chi connectivity index (χ0n) is 12.6. The van der Waals surface area contributed by atoms with Crippen LogP contribution in [0.4, 0.5) is 0 Å². The van der Waals surface area contributed by atoms with E-state index in [2.05, 4.69) is 10.2 Å². The maximum absolute atomic E-state index is 5.86. The van der Waals surface area contributed by atoms with Crippen LogP contribution in [0.2, 0.25) is 5.02 Å². The molecular formula is C14H16ClN2O3PS2. The van der Waals surface area contributed by atoms with Crippen LogP contribution in [-0.4, -0.2) is 23.4 Å². The highest BCUT2D eigenvalue weighted by molar-refractivity contribution is 8.07. The van der Waals surface area contributed by atoms with Gasteiger partial charge in [-0.05, 0) is 44.2 Å². The van der Waals surface area contributed by atoms with Gasteiger partial charge in [0.1, 0.15) is 5.03 Å². The van der Waals surface area contributed by atoms with Crippen molar-refractivity contribution in [1.82, 2.24) is 10.2 Å². The van der Waals surface area contributed by atoms with E-state index in [1.165, 1.54) is 11.8 Å². The molecule has 23 heavy (non-hydrogen) atoms. The van der Waals surface area contributed by atoms with Crippen molar-refractivity contribution in [2.24, 2.45) is 0 Å². The molecule has 1 aromatic carbocycles. The van der Waals surface area contributed by atoms with E-state index >= 15 is 0 Å². The van der Waals surface area contributed by atoms with Gasteiger partial charge in [0.25, 0.3) is 0 Å². The summed E-state index contributed by atoms with van der Waals surface area (Å²) in [5.74, 6) is 0.288. The van der Waals surface area contributed by atoms with Crippen LogP contribution < -0.4 is 4.52 Å². The van der Waals surface area contributed by atoms with Crippen molar-refractivity contribution in [2.45, 2.75) is 23.8 Å². The zero-order valence-corrected chi connectivity index (χ0v) is 15.9. The minimum Gasteiger partial charge on any atom is -0.404 e. The second kappa shape index (κ2) is 8.97. The van der Waals surface area contributed by atoms with E-state index in [1.807, 2.05) is 38.1 Å². The van der Waals surface area contributed by atoms with Crippen LogP contribution in [0.1, 0.15) is 13.8 Å². The maximum atomic E-state index is 5.86. The van der Waals surface area contributed by atoms with E-state index in [9.17, 15) is 0 Å². The van der Waals surface area contributed by atoms with Gasteiger partial charge in [0.15, 0.2) is 0 Å². The standard InChI is InChI=1S/C14H16ClN2O3PS2/c1-3-18-21(22,19-4-2)20-13-9-10-14(17-16-13)23-12-7-5-11(15)6-8-12/h5-10H,3-4H2,1-2H3.